The molecular formula is C21H25ClN6. The van der Waals surface area contributed by atoms with Gasteiger partial charge in [-0.15, -0.1) is 0 Å². The van der Waals surface area contributed by atoms with E-state index in [9.17, 15) is 0 Å². The molecule has 7 heteroatoms. The van der Waals surface area contributed by atoms with Gasteiger partial charge in [0.1, 0.15) is 10.8 Å². The van der Waals surface area contributed by atoms with Crippen molar-refractivity contribution in [1.82, 2.24) is 25.3 Å². The zero-order valence-electron chi connectivity index (χ0n) is 15.8. The van der Waals surface area contributed by atoms with Crippen LogP contribution in [0.1, 0.15) is 44.9 Å². The standard InChI is InChI=1S/C21H25ClN6/c22-19-11-18(17-12-24-20-16(17)5-2-10-23-20)27-21(28-19)26-15-8-6-14(7-9-15)25-13-3-1-4-13/h2,5,10-15,25H,1,3-4,6-9H2,(H,23,24)(H,26,27,28). The Morgan fingerprint density at radius 2 is 1.79 bits per heavy atom. The van der Waals surface area contributed by atoms with Gasteiger partial charge in [0.15, 0.2) is 0 Å². The van der Waals surface area contributed by atoms with Crippen LogP contribution in [0.5, 0.6) is 0 Å². The zero-order valence-corrected chi connectivity index (χ0v) is 16.5. The number of aromatic nitrogens is 4. The molecule has 0 aromatic carbocycles. The molecule has 5 rings (SSSR count). The second-order valence-corrected chi connectivity index (χ2v) is 8.38. The number of halogens is 1. The van der Waals surface area contributed by atoms with Gasteiger partial charge < -0.3 is 15.6 Å². The first kappa shape index (κ1) is 17.9. The van der Waals surface area contributed by atoms with E-state index in [1.54, 1.807) is 6.20 Å². The van der Waals surface area contributed by atoms with Crippen molar-refractivity contribution < 1.29 is 0 Å². The van der Waals surface area contributed by atoms with Gasteiger partial charge in [-0.3, -0.25) is 0 Å². The number of hydrogen-bond donors (Lipinski definition) is 3. The molecule has 146 valence electrons. The SMILES string of the molecule is Clc1cc(-c2c[nH]c3ncccc23)nc(NC2CCC(NC3CCC3)CC2)n1. The van der Waals surface area contributed by atoms with Crippen molar-refractivity contribution in [1.29, 1.82) is 0 Å². The average Bonchev–Trinajstić information content (AvgIpc) is 3.10. The molecule has 6 nitrogen and oxygen atoms in total. The van der Waals surface area contributed by atoms with Crippen molar-refractivity contribution in [3.8, 4) is 11.3 Å². The molecule has 0 spiro atoms. The fourth-order valence-corrected chi connectivity index (χ4v) is 4.47. The van der Waals surface area contributed by atoms with Crippen LogP contribution in [0.4, 0.5) is 5.95 Å². The van der Waals surface area contributed by atoms with Crippen LogP contribution in [-0.2, 0) is 0 Å². The molecule has 3 N–H and O–H groups in total. The maximum Gasteiger partial charge on any atom is 0.224 e. The molecule has 2 saturated carbocycles. The van der Waals surface area contributed by atoms with Gasteiger partial charge in [0, 0.05) is 47.5 Å². The summed E-state index contributed by atoms with van der Waals surface area (Å²) in [6, 6.07) is 7.60. The summed E-state index contributed by atoms with van der Waals surface area (Å²) in [5.41, 5.74) is 2.64. The number of anilines is 1. The van der Waals surface area contributed by atoms with Crippen molar-refractivity contribution in [2.45, 2.75) is 63.1 Å². The third kappa shape index (κ3) is 3.71. The lowest BCUT2D eigenvalue weighted by Crippen LogP contribution is -2.45. The fraction of sp³-hybridized carbons (Fsp3) is 0.476. The summed E-state index contributed by atoms with van der Waals surface area (Å²) in [5, 5.41) is 8.80. The Balaban J connectivity index is 1.28. The third-order valence-corrected chi connectivity index (χ3v) is 6.25. The van der Waals surface area contributed by atoms with Crippen LogP contribution in [0.15, 0.2) is 30.6 Å². The van der Waals surface area contributed by atoms with Crippen molar-refractivity contribution in [3.63, 3.8) is 0 Å². The lowest BCUT2D eigenvalue weighted by Gasteiger charge is -2.35. The van der Waals surface area contributed by atoms with E-state index >= 15 is 0 Å². The number of pyridine rings is 1. The normalized spacial score (nSPS) is 22.9. The van der Waals surface area contributed by atoms with E-state index in [1.165, 1.54) is 32.1 Å². The van der Waals surface area contributed by atoms with Crippen molar-refractivity contribution in [3.05, 3.63) is 35.7 Å². The molecule has 2 aliphatic carbocycles. The monoisotopic (exact) mass is 396 g/mol. The molecule has 0 aliphatic heterocycles. The van der Waals surface area contributed by atoms with E-state index in [0.717, 1.165) is 41.2 Å². The topological polar surface area (TPSA) is 78.5 Å². The zero-order chi connectivity index (χ0) is 18.9. The Kier molecular flexibility index (Phi) is 4.91. The van der Waals surface area contributed by atoms with Crippen molar-refractivity contribution in [2.24, 2.45) is 0 Å². The second kappa shape index (κ2) is 7.68. The number of hydrogen-bond acceptors (Lipinski definition) is 5. The van der Waals surface area contributed by atoms with Crippen LogP contribution >= 0.6 is 11.6 Å². The molecule has 0 amide bonds. The molecule has 28 heavy (non-hydrogen) atoms. The van der Waals surface area contributed by atoms with Gasteiger partial charge in [0.05, 0.1) is 5.69 Å². The summed E-state index contributed by atoms with van der Waals surface area (Å²) in [6.45, 7) is 0. The molecule has 2 fully saturated rings. The summed E-state index contributed by atoms with van der Waals surface area (Å²) in [6.07, 6.45) is 12.5. The first-order valence-corrected chi connectivity index (χ1v) is 10.6. The molecule has 0 radical (unpaired) electrons. The van der Waals surface area contributed by atoms with Gasteiger partial charge >= 0.3 is 0 Å². The molecule has 3 heterocycles. The minimum absolute atomic E-state index is 0.399. The van der Waals surface area contributed by atoms with Crippen LogP contribution in [0.25, 0.3) is 22.3 Å². The summed E-state index contributed by atoms with van der Waals surface area (Å²) in [7, 11) is 0. The third-order valence-electron chi connectivity index (χ3n) is 6.06. The number of H-pyrrole nitrogens is 1. The summed E-state index contributed by atoms with van der Waals surface area (Å²) in [5.74, 6) is 0.608. The number of nitrogens with one attached hydrogen (secondary N) is 3. The lowest BCUT2D eigenvalue weighted by molar-refractivity contribution is 0.260. The lowest BCUT2D eigenvalue weighted by atomic mass is 9.87. The predicted octanol–water partition coefficient (Wildman–Crippen LogP) is 4.54. The Morgan fingerprint density at radius 1 is 1.00 bits per heavy atom. The smallest absolute Gasteiger partial charge is 0.224 e. The maximum absolute atomic E-state index is 6.31. The predicted molar refractivity (Wildman–Crippen MR) is 113 cm³/mol. The highest BCUT2D eigenvalue weighted by molar-refractivity contribution is 6.29. The molecule has 3 aromatic heterocycles. The van der Waals surface area contributed by atoms with Crippen molar-refractivity contribution >= 4 is 28.6 Å². The van der Waals surface area contributed by atoms with E-state index < -0.39 is 0 Å². The van der Waals surface area contributed by atoms with Crippen LogP contribution in [0.3, 0.4) is 0 Å². The Hall–Kier alpha value is -2.18. The first-order valence-electron chi connectivity index (χ1n) is 10.2. The Bertz CT molecular complexity index is 958. The largest absolute Gasteiger partial charge is 0.351 e. The van der Waals surface area contributed by atoms with E-state index in [1.807, 2.05) is 24.4 Å². The van der Waals surface area contributed by atoms with E-state index in [-0.39, 0.29) is 0 Å². The minimum Gasteiger partial charge on any atom is -0.351 e. The highest BCUT2D eigenvalue weighted by Crippen LogP contribution is 2.29. The van der Waals surface area contributed by atoms with Crippen LogP contribution < -0.4 is 10.6 Å². The van der Waals surface area contributed by atoms with Gasteiger partial charge in [0.25, 0.3) is 0 Å². The summed E-state index contributed by atoms with van der Waals surface area (Å²) in [4.78, 5) is 16.7. The van der Waals surface area contributed by atoms with E-state index in [0.29, 0.717) is 23.2 Å². The van der Waals surface area contributed by atoms with Gasteiger partial charge in [0.2, 0.25) is 5.95 Å². The number of fused-ring (bicyclic) bond motifs is 1. The molecule has 3 aromatic rings. The number of nitrogens with zero attached hydrogens (tertiary/aromatic N) is 3. The van der Waals surface area contributed by atoms with Crippen LogP contribution in [0, 0.1) is 0 Å². The summed E-state index contributed by atoms with van der Waals surface area (Å²) >= 11 is 6.31. The van der Waals surface area contributed by atoms with Gasteiger partial charge in [-0.1, -0.05) is 18.0 Å². The highest BCUT2D eigenvalue weighted by atomic mass is 35.5. The molecule has 0 bridgehead atoms. The number of rotatable bonds is 5. The van der Waals surface area contributed by atoms with Crippen molar-refractivity contribution in [2.75, 3.05) is 5.32 Å². The first-order chi connectivity index (χ1) is 13.7. The minimum atomic E-state index is 0.399. The molecule has 0 saturated heterocycles. The molecular weight excluding hydrogens is 372 g/mol. The van der Waals surface area contributed by atoms with Gasteiger partial charge in [-0.05, 0) is 50.7 Å². The van der Waals surface area contributed by atoms with Gasteiger partial charge in [-0.25, -0.2) is 15.0 Å². The molecule has 0 atom stereocenters. The molecule has 2 aliphatic rings. The van der Waals surface area contributed by atoms with E-state index in [2.05, 4.69) is 25.6 Å². The van der Waals surface area contributed by atoms with Crippen LogP contribution in [0.2, 0.25) is 5.15 Å². The van der Waals surface area contributed by atoms with Crippen LogP contribution in [-0.4, -0.2) is 38.1 Å². The maximum atomic E-state index is 6.31. The summed E-state index contributed by atoms with van der Waals surface area (Å²) < 4.78 is 0. The Labute approximate surface area is 169 Å². The average molecular weight is 397 g/mol. The highest BCUT2D eigenvalue weighted by Gasteiger charge is 2.26. The van der Waals surface area contributed by atoms with Gasteiger partial charge in [-0.2, -0.15) is 0 Å². The second-order valence-electron chi connectivity index (χ2n) is 7.99. The van der Waals surface area contributed by atoms with E-state index in [4.69, 9.17) is 16.6 Å². The quantitative estimate of drug-likeness (QED) is 0.552. The molecule has 0 unspecified atom stereocenters. The fourth-order valence-electron chi connectivity index (χ4n) is 4.28. The number of aromatic amines is 1. The Morgan fingerprint density at radius 3 is 2.57 bits per heavy atom.